The van der Waals surface area contributed by atoms with Crippen molar-refractivity contribution in [1.82, 2.24) is 0 Å². The molecule has 0 bridgehead atoms. The lowest BCUT2D eigenvalue weighted by Gasteiger charge is -2.37. The molecule has 220 valence electrons. The zero-order valence-corrected chi connectivity index (χ0v) is 26.3. The summed E-state index contributed by atoms with van der Waals surface area (Å²) in [7, 11) is 0. The number of carbonyl (C=O) groups is 2. The minimum absolute atomic E-state index is 0.0280. The van der Waals surface area contributed by atoms with Crippen LogP contribution < -0.4 is 0 Å². The first-order valence-electron chi connectivity index (χ1n) is 15.2. The summed E-state index contributed by atoms with van der Waals surface area (Å²) in [5.41, 5.74) is 5.97. The number of unbranched alkanes of at least 4 members (excludes halogenated alkanes) is 6. The van der Waals surface area contributed by atoms with Crippen molar-refractivity contribution < 1.29 is 14.3 Å². The van der Waals surface area contributed by atoms with Gasteiger partial charge in [0.25, 0.3) is 0 Å². The Kier molecular flexibility index (Phi) is 17.6. The maximum absolute atomic E-state index is 12.5. The van der Waals surface area contributed by atoms with E-state index in [2.05, 4.69) is 78.0 Å². The molecule has 3 nitrogen and oxygen atoms in total. The van der Waals surface area contributed by atoms with Crippen molar-refractivity contribution in [2.75, 3.05) is 0 Å². The van der Waals surface area contributed by atoms with Crippen LogP contribution in [0.1, 0.15) is 113 Å². The second kappa shape index (κ2) is 20.0. The molecule has 0 amide bonds. The van der Waals surface area contributed by atoms with E-state index in [4.69, 9.17) is 4.74 Å². The lowest BCUT2D eigenvalue weighted by atomic mass is 9.71. The van der Waals surface area contributed by atoms with Gasteiger partial charge >= 0.3 is 5.97 Å². The molecule has 0 saturated carbocycles. The zero-order chi connectivity index (χ0) is 29.8. The average molecular weight is 547 g/mol. The molecule has 1 atom stereocenters. The van der Waals surface area contributed by atoms with Crippen molar-refractivity contribution in [3.05, 3.63) is 94.7 Å². The minimum Gasteiger partial charge on any atom is -0.462 e. The number of rotatable bonds is 17. The highest BCUT2D eigenvalue weighted by atomic mass is 16.5. The van der Waals surface area contributed by atoms with Gasteiger partial charge in [-0.05, 0) is 57.6 Å². The first-order valence-corrected chi connectivity index (χ1v) is 15.2. The largest absolute Gasteiger partial charge is 0.462 e. The predicted molar refractivity (Wildman–Crippen MR) is 172 cm³/mol. The molecule has 0 heterocycles. The molecule has 40 heavy (non-hydrogen) atoms. The third kappa shape index (κ3) is 15.6. The summed E-state index contributed by atoms with van der Waals surface area (Å²) in [6, 6.07) is 0. The van der Waals surface area contributed by atoms with E-state index >= 15 is 0 Å². The van der Waals surface area contributed by atoms with Gasteiger partial charge in [-0.15, -0.1) is 0 Å². The highest BCUT2D eigenvalue weighted by molar-refractivity contribution is 5.69. The van der Waals surface area contributed by atoms with Crippen LogP contribution in [-0.4, -0.2) is 18.4 Å². The Morgan fingerprint density at radius 3 is 1.98 bits per heavy atom. The van der Waals surface area contributed by atoms with Crippen LogP contribution in [0.3, 0.4) is 0 Å². The van der Waals surface area contributed by atoms with E-state index in [0.29, 0.717) is 6.42 Å². The van der Waals surface area contributed by atoms with Crippen LogP contribution in [0.25, 0.3) is 0 Å². The van der Waals surface area contributed by atoms with Crippen molar-refractivity contribution >= 4 is 12.3 Å². The number of carbonyl (C=O) groups excluding carboxylic acids is 2. The Morgan fingerprint density at radius 1 is 0.825 bits per heavy atom. The Balaban J connectivity index is 2.63. The highest BCUT2D eigenvalue weighted by Crippen LogP contribution is 2.42. The molecule has 3 heteroatoms. The molecule has 0 N–H and O–H groups in total. The van der Waals surface area contributed by atoms with Crippen LogP contribution in [0.5, 0.6) is 0 Å². The second-order valence-corrected chi connectivity index (χ2v) is 11.8. The fourth-order valence-corrected chi connectivity index (χ4v) is 5.04. The van der Waals surface area contributed by atoms with Crippen molar-refractivity contribution in [3.63, 3.8) is 0 Å². The topological polar surface area (TPSA) is 43.4 Å². The van der Waals surface area contributed by atoms with Gasteiger partial charge in [0.2, 0.25) is 0 Å². The third-order valence-electron chi connectivity index (χ3n) is 7.24. The van der Waals surface area contributed by atoms with Crippen LogP contribution in [0.2, 0.25) is 0 Å². The summed E-state index contributed by atoms with van der Waals surface area (Å²) < 4.78 is 5.91. The monoisotopic (exact) mass is 546 g/mol. The Bertz CT molecular complexity index is 1040. The van der Waals surface area contributed by atoms with Crippen LogP contribution >= 0.6 is 0 Å². The van der Waals surface area contributed by atoms with E-state index in [1.807, 2.05) is 25.2 Å². The molecule has 1 aliphatic carbocycles. The van der Waals surface area contributed by atoms with Crippen molar-refractivity contribution in [1.29, 1.82) is 0 Å². The molecular weight excluding hydrogens is 492 g/mol. The highest BCUT2D eigenvalue weighted by Gasteiger charge is 2.34. The maximum Gasteiger partial charge on any atom is 0.306 e. The summed E-state index contributed by atoms with van der Waals surface area (Å²) in [6.07, 6.45) is 33.4. The SMILES string of the molecule is CCCCCCCCCC(=O)O[C@@H]1CC(C)=C(/C=C/C(C)=C/C=C/C(C)=C/C=C/C=C(C)/C=C/C=O)C(C)(C)C1. The van der Waals surface area contributed by atoms with Gasteiger partial charge < -0.3 is 4.74 Å². The third-order valence-corrected chi connectivity index (χ3v) is 7.24. The number of aldehydes is 1. The van der Waals surface area contributed by atoms with Crippen molar-refractivity contribution in [2.45, 2.75) is 119 Å². The molecule has 0 aromatic rings. The maximum atomic E-state index is 12.5. The first-order chi connectivity index (χ1) is 19.1. The van der Waals surface area contributed by atoms with E-state index in [1.54, 1.807) is 6.08 Å². The lowest BCUT2D eigenvalue weighted by molar-refractivity contribution is -0.150. The summed E-state index contributed by atoms with van der Waals surface area (Å²) >= 11 is 0. The van der Waals surface area contributed by atoms with Gasteiger partial charge in [0, 0.05) is 12.8 Å². The number of esters is 1. The Labute approximate surface area is 245 Å². The van der Waals surface area contributed by atoms with Crippen LogP contribution in [-0.2, 0) is 14.3 Å². The summed E-state index contributed by atoms with van der Waals surface area (Å²) in [6.45, 7) is 15.1. The molecule has 0 spiro atoms. The molecule has 1 rings (SSSR count). The molecule has 0 aromatic heterocycles. The van der Waals surface area contributed by atoms with Gasteiger partial charge in [-0.3, -0.25) is 9.59 Å². The fourth-order valence-electron chi connectivity index (χ4n) is 5.04. The molecule has 0 saturated heterocycles. The van der Waals surface area contributed by atoms with E-state index in [0.717, 1.165) is 43.1 Å². The Morgan fingerprint density at radius 2 is 1.38 bits per heavy atom. The van der Waals surface area contributed by atoms with E-state index in [-0.39, 0.29) is 17.5 Å². The zero-order valence-electron chi connectivity index (χ0n) is 26.3. The van der Waals surface area contributed by atoms with Gasteiger partial charge in [0.05, 0.1) is 0 Å². The molecule has 0 fully saturated rings. The van der Waals surface area contributed by atoms with Crippen molar-refractivity contribution in [2.24, 2.45) is 5.41 Å². The Hall–Kier alpha value is -2.94. The van der Waals surface area contributed by atoms with Gasteiger partial charge in [-0.2, -0.15) is 0 Å². The standard InChI is InChI=1S/C37H54O3/c1-8-9-10-11-12-13-14-24-36(39)40-34-28-33(5)35(37(6,7)29-34)26-25-32(4)22-17-21-30(2)19-15-16-20-31(3)23-18-27-38/h15-23,25-27,34H,8-14,24,28-29H2,1-7H3/b16-15+,21-17+,23-18+,26-25+,30-19+,31-20+,32-22+/t34-/m1/s1. The van der Waals surface area contributed by atoms with Gasteiger partial charge in [-0.25, -0.2) is 0 Å². The molecule has 0 aliphatic heterocycles. The van der Waals surface area contributed by atoms with Gasteiger partial charge in [0.1, 0.15) is 12.4 Å². The summed E-state index contributed by atoms with van der Waals surface area (Å²) in [5.74, 6) is -0.0372. The van der Waals surface area contributed by atoms with Crippen LogP contribution in [0, 0.1) is 5.41 Å². The fraction of sp³-hybridized carbons (Fsp3) is 0.514. The quantitative estimate of drug-likeness (QED) is 0.0599. The number of hydrogen-bond acceptors (Lipinski definition) is 3. The minimum atomic E-state index is -0.0410. The van der Waals surface area contributed by atoms with E-state index in [9.17, 15) is 9.59 Å². The van der Waals surface area contributed by atoms with Crippen molar-refractivity contribution in [3.8, 4) is 0 Å². The van der Waals surface area contributed by atoms with E-state index in [1.165, 1.54) is 54.9 Å². The summed E-state index contributed by atoms with van der Waals surface area (Å²) in [5, 5.41) is 0. The average Bonchev–Trinajstić information content (AvgIpc) is 2.88. The molecule has 1 aliphatic rings. The number of hydrogen-bond donors (Lipinski definition) is 0. The smallest absolute Gasteiger partial charge is 0.306 e. The van der Waals surface area contributed by atoms with Gasteiger partial charge in [-0.1, -0.05) is 142 Å². The number of ether oxygens (including phenoxy) is 1. The lowest BCUT2D eigenvalue weighted by Crippen LogP contribution is -2.31. The molecular formula is C37H54O3. The summed E-state index contributed by atoms with van der Waals surface area (Å²) in [4.78, 5) is 22.8. The van der Waals surface area contributed by atoms with Crippen LogP contribution in [0.4, 0.5) is 0 Å². The molecule has 0 unspecified atom stereocenters. The number of allylic oxidation sites excluding steroid dienone is 15. The molecule has 0 aromatic carbocycles. The normalized spacial score (nSPS) is 19.1. The predicted octanol–water partition coefficient (Wildman–Crippen LogP) is 10.4. The van der Waals surface area contributed by atoms with Gasteiger partial charge in [0.15, 0.2) is 0 Å². The van der Waals surface area contributed by atoms with E-state index < -0.39 is 0 Å². The second-order valence-electron chi connectivity index (χ2n) is 11.8. The first kappa shape index (κ1) is 35.1. The van der Waals surface area contributed by atoms with Crippen LogP contribution in [0.15, 0.2) is 94.7 Å². The molecule has 0 radical (unpaired) electrons.